The van der Waals surface area contributed by atoms with Crippen LogP contribution in [0.3, 0.4) is 0 Å². The SMILES string of the molecule is CC1CN(Cc2nnc(-c3ccco3)o2)CCC1O. The molecule has 102 valence electrons. The summed E-state index contributed by atoms with van der Waals surface area (Å²) in [6.07, 6.45) is 2.17. The summed E-state index contributed by atoms with van der Waals surface area (Å²) in [6, 6.07) is 3.57. The van der Waals surface area contributed by atoms with Crippen molar-refractivity contribution in [2.24, 2.45) is 5.92 Å². The zero-order valence-electron chi connectivity index (χ0n) is 10.8. The molecule has 0 aliphatic carbocycles. The van der Waals surface area contributed by atoms with Gasteiger partial charge in [-0.2, -0.15) is 0 Å². The van der Waals surface area contributed by atoms with E-state index < -0.39 is 0 Å². The summed E-state index contributed by atoms with van der Waals surface area (Å²) >= 11 is 0. The van der Waals surface area contributed by atoms with Crippen molar-refractivity contribution in [2.45, 2.75) is 26.0 Å². The highest BCUT2D eigenvalue weighted by Gasteiger charge is 2.25. The van der Waals surface area contributed by atoms with Gasteiger partial charge in [0.25, 0.3) is 5.89 Å². The number of hydrogen-bond acceptors (Lipinski definition) is 6. The van der Waals surface area contributed by atoms with E-state index in [0.29, 0.717) is 24.1 Å². The van der Waals surface area contributed by atoms with Gasteiger partial charge in [-0.05, 0) is 24.5 Å². The molecule has 6 nitrogen and oxygen atoms in total. The van der Waals surface area contributed by atoms with Gasteiger partial charge in [0.15, 0.2) is 5.76 Å². The molecule has 1 fully saturated rings. The number of nitrogens with zero attached hydrogens (tertiary/aromatic N) is 3. The Bertz CT molecular complexity index is 523. The lowest BCUT2D eigenvalue weighted by atomic mass is 9.97. The molecule has 19 heavy (non-hydrogen) atoms. The lowest BCUT2D eigenvalue weighted by molar-refractivity contribution is 0.0290. The van der Waals surface area contributed by atoms with Crippen molar-refractivity contribution >= 4 is 0 Å². The van der Waals surface area contributed by atoms with Crippen LogP contribution in [0.4, 0.5) is 0 Å². The Morgan fingerprint density at radius 2 is 2.37 bits per heavy atom. The maximum Gasteiger partial charge on any atom is 0.283 e. The molecule has 1 aliphatic rings. The van der Waals surface area contributed by atoms with Crippen LogP contribution in [0.2, 0.25) is 0 Å². The summed E-state index contributed by atoms with van der Waals surface area (Å²) in [7, 11) is 0. The van der Waals surface area contributed by atoms with Crippen molar-refractivity contribution in [2.75, 3.05) is 13.1 Å². The lowest BCUT2D eigenvalue weighted by Crippen LogP contribution is -2.41. The third-order valence-electron chi connectivity index (χ3n) is 3.50. The molecule has 1 aliphatic heterocycles. The quantitative estimate of drug-likeness (QED) is 0.905. The van der Waals surface area contributed by atoms with Crippen molar-refractivity contribution in [1.29, 1.82) is 0 Å². The second-order valence-corrected chi connectivity index (χ2v) is 5.05. The number of likely N-dealkylation sites (tertiary alicyclic amines) is 1. The highest BCUT2D eigenvalue weighted by molar-refractivity contribution is 5.42. The van der Waals surface area contributed by atoms with Crippen LogP contribution < -0.4 is 0 Å². The van der Waals surface area contributed by atoms with Crippen LogP contribution in [-0.4, -0.2) is 39.4 Å². The van der Waals surface area contributed by atoms with E-state index >= 15 is 0 Å². The summed E-state index contributed by atoms with van der Waals surface area (Å²) in [5.74, 6) is 1.85. The van der Waals surface area contributed by atoms with Crippen LogP contribution in [0.15, 0.2) is 27.2 Å². The Labute approximate surface area is 111 Å². The van der Waals surface area contributed by atoms with E-state index in [4.69, 9.17) is 8.83 Å². The normalized spacial score (nSPS) is 24.7. The highest BCUT2D eigenvalue weighted by Crippen LogP contribution is 2.21. The van der Waals surface area contributed by atoms with Crippen LogP contribution in [0, 0.1) is 5.92 Å². The third-order valence-corrected chi connectivity index (χ3v) is 3.50. The third kappa shape index (κ3) is 2.69. The minimum absolute atomic E-state index is 0.197. The van der Waals surface area contributed by atoms with E-state index in [9.17, 15) is 5.11 Å². The van der Waals surface area contributed by atoms with Crippen LogP contribution in [-0.2, 0) is 6.54 Å². The van der Waals surface area contributed by atoms with E-state index in [1.807, 2.05) is 0 Å². The van der Waals surface area contributed by atoms with Gasteiger partial charge in [0.1, 0.15) is 0 Å². The molecule has 2 atom stereocenters. The smallest absolute Gasteiger partial charge is 0.283 e. The van der Waals surface area contributed by atoms with E-state index in [2.05, 4.69) is 22.0 Å². The molecule has 1 saturated heterocycles. The molecule has 0 spiro atoms. The van der Waals surface area contributed by atoms with Gasteiger partial charge in [0.05, 0.1) is 18.9 Å². The Balaban J connectivity index is 1.64. The van der Waals surface area contributed by atoms with Crippen LogP contribution >= 0.6 is 0 Å². The maximum absolute atomic E-state index is 9.70. The molecule has 0 saturated carbocycles. The number of aliphatic hydroxyl groups is 1. The Morgan fingerprint density at radius 1 is 1.47 bits per heavy atom. The van der Waals surface area contributed by atoms with Crippen LogP contribution in [0.5, 0.6) is 0 Å². The molecule has 1 N–H and O–H groups in total. The van der Waals surface area contributed by atoms with Gasteiger partial charge < -0.3 is 13.9 Å². The van der Waals surface area contributed by atoms with Crippen LogP contribution in [0.1, 0.15) is 19.2 Å². The van der Waals surface area contributed by atoms with Crippen molar-refractivity contribution in [3.05, 3.63) is 24.3 Å². The summed E-state index contributed by atoms with van der Waals surface area (Å²) in [5.41, 5.74) is 0. The summed E-state index contributed by atoms with van der Waals surface area (Å²) < 4.78 is 10.8. The van der Waals surface area contributed by atoms with Crippen LogP contribution in [0.25, 0.3) is 11.7 Å². The van der Waals surface area contributed by atoms with Gasteiger partial charge in [0.2, 0.25) is 5.89 Å². The first-order valence-electron chi connectivity index (χ1n) is 6.49. The van der Waals surface area contributed by atoms with E-state index in [-0.39, 0.29) is 12.0 Å². The van der Waals surface area contributed by atoms with Gasteiger partial charge in [0, 0.05) is 13.1 Å². The largest absolute Gasteiger partial charge is 0.459 e. The fourth-order valence-corrected chi connectivity index (χ4v) is 2.37. The first-order valence-corrected chi connectivity index (χ1v) is 6.49. The number of furan rings is 1. The van der Waals surface area contributed by atoms with Gasteiger partial charge >= 0.3 is 0 Å². The van der Waals surface area contributed by atoms with Gasteiger partial charge in [-0.25, -0.2) is 0 Å². The molecule has 3 heterocycles. The lowest BCUT2D eigenvalue weighted by Gasteiger charge is -2.33. The molecule has 2 aromatic heterocycles. The van der Waals surface area contributed by atoms with Crippen molar-refractivity contribution < 1.29 is 13.9 Å². The fraction of sp³-hybridized carbons (Fsp3) is 0.538. The van der Waals surface area contributed by atoms with E-state index in [0.717, 1.165) is 19.5 Å². The van der Waals surface area contributed by atoms with Gasteiger partial charge in [-0.3, -0.25) is 4.90 Å². The monoisotopic (exact) mass is 263 g/mol. The van der Waals surface area contributed by atoms with Gasteiger partial charge in [-0.15, -0.1) is 10.2 Å². The van der Waals surface area contributed by atoms with Crippen molar-refractivity contribution in [3.63, 3.8) is 0 Å². The maximum atomic E-state index is 9.70. The number of hydrogen-bond donors (Lipinski definition) is 1. The molecule has 0 amide bonds. The molecule has 2 unspecified atom stereocenters. The molecule has 2 aromatic rings. The topological polar surface area (TPSA) is 75.5 Å². The van der Waals surface area contributed by atoms with Crippen molar-refractivity contribution in [1.82, 2.24) is 15.1 Å². The zero-order valence-corrected chi connectivity index (χ0v) is 10.8. The summed E-state index contributed by atoms with van der Waals surface area (Å²) in [4.78, 5) is 2.22. The van der Waals surface area contributed by atoms with E-state index in [1.54, 1.807) is 18.4 Å². The Hall–Kier alpha value is -1.66. The van der Waals surface area contributed by atoms with E-state index in [1.165, 1.54) is 0 Å². The molecular formula is C13H17N3O3. The fourth-order valence-electron chi connectivity index (χ4n) is 2.37. The predicted octanol–water partition coefficient (Wildman–Crippen LogP) is 1.53. The molecule has 6 heteroatoms. The summed E-state index contributed by atoms with van der Waals surface area (Å²) in [5, 5.41) is 17.7. The molecular weight excluding hydrogens is 246 g/mol. The zero-order chi connectivity index (χ0) is 13.2. The number of piperidine rings is 1. The molecule has 3 rings (SSSR count). The Kier molecular flexibility index (Phi) is 3.35. The molecule has 0 bridgehead atoms. The number of aliphatic hydroxyl groups excluding tert-OH is 1. The summed E-state index contributed by atoms with van der Waals surface area (Å²) in [6.45, 7) is 4.37. The number of rotatable bonds is 3. The first kappa shape index (κ1) is 12.4. The predicted molar refractivity (Wildman–Crippen MR) is 67.1 cm³/mol. The average molecular weight is 263 g/mol. The average Bonchev–Trinajstić information content (AvgIpc) is 3.04. The van der Waals surface area contributed by atoms with Gasteiger partial charge in [-0.1, -0.05) is 6.92 Å². The van der Waals surface area contributed by atoms with Crippen molar-refractivity contribution in [3.8, 4) is 11.7 Å². The minimum atomic E-state index is -0.197. The second-order valence-electron chi connectivity index (χ2n) is 5.05. The molecule has 0 radical (unpaired) electrons. The number of aromatic nitrogens is 2. The second kappa shape index (κ2) is 5.14. The first-order chi connectivity index (χ1) is 9.22. The molecule has 0 aromatic carbocycles. The Morgan fingerprint density at radius 3 is 3.11 bits per heavy atom. The standard InChI is InChI=1S/C13H17N3O3/c1-9-7-16(5-4-10(9)17)8-12-14-15-13(19-12)11-3-2-6-18-11/h2-3,6,9-10,17H,4-5,7-8H2,1H3. The minimum Gasteiger partial charge on any atom is -0.459 e. The highest BCUT2D eigenvalue weighted by atomic mass is 16.4.